The van der Waals surface area contributed by atoms with Crippen LogP contribution in [0.25, 0.3) is 11.1 Å². The first-order valence-electron chi connectivity index (χ1n) is 7.05. The lowest BCUT2D eigenvalue weighted by atomic mass is 9.98. The highest BCUT2D eigenvalue weighted by Crippen LogP contribution is 2.31. The topological polar surface area (TPSA) is 20.2 Å². The van der Waals surface area contributed by atoms with Crippen molar-refractivity contribution >= 4 is 11.3 Å². The van der Waals surface area contributed by atoms with Crippen molar-refractivity contribution in [2.24, 2.45) is 0 Å². The van der Waals surface area contributed by atoms with E-state index in [2.05, 4.69) is 44.2 Å². The zero-order valence-electron chi connectivity index (χ0n) is 12.2. The number of benzene rings is 2. The molecule has 1 unspecified atom stereocenters. The summed E-state index contributed by atoms with van der Waals surface area (Å²) in [6.07, 6.45) is -0.542. The number of hydrogen-bond donors (Lipinski definition) is 1. The molecule has 0 fully saturated rings. The van der Waals surface area contributed by atoms with Gasteiger partial charge >= 0.3 is 0 Å². The molecule has 21 heavy (non-hydrogen) atoms. The van der Waals surface area contributed by atoms with Crippen LogP contribution in [-0.4, -0.2) is 5.11 Å². The van der Waals surface area contributed by atoms with Gasteiger partial charge < -0.3 is 5.11 Å². The first-order valence-corrected chi connectivity index (χ1v) is 7.87. The van der Waals surface area contributed by atoms with Crippen LogP contribution in [0.4, 0.5) is 0 Å². The first kappa shape index (κ1) is 14.1. The third-order valence-corrected chi connectivity index (χ3v) is 4.69. The fourth-order valence-electron chi connectivity index (χ4n) is 2.59. The molecule has 0 aliphatic heterocycles. The van der Waals surface area contributed by atoms with Crippen LogP contribution in [-0.2, 0) is 0 Å². The Morgan fingerprint density at radius 2 is 1.48 bits per heavy atom. The maximum absolute atomic E-state index is 10.6. The summed E-state index contributed by atoms with van der Waals surface area (Å²) in [4.78, 5) is 2.43. The Bertz CT molecular complexity index is 726. The zero-order valence-corrected chi connectivity index (χ0v) is 13.0. The fraction of sp³-hybridized carbons (Fsp3) is 0.158. The van der Waals surface area contributed by atoms with Crippen LogP contribution in [0.5, 0.6) is 0 Å². The van der Waals surface area contributed by atoms with Crippen LogP contribution in [0.1, 0.15) is 27.0 Å². The molecule has 0 amide bonds. The Balaban J connectivity index is 1.89. The summed E-state index contributed by atoms with van der Waals surface area (Å²) in [5.74, 6) is 0. The van der Waals surface area contributed by atoms with E-state index in [4.69, 9.17) is 0 Å². The van der Waals surface area contributed by atoms with Crippen LogP contribution in [0.2, 0.25) is 0 Å². The van der Waals surface area contributed by atoms with Crippen molar-refractivity contribution in [2.75, 3.05) is 0 Å². The molecule has 0 spiro atoms. The summed E-state index contributed by atoms with van der Waals surface area (Å²) >= 11 is 1.73. The number of aliphatic hydroxyl groups excluding tert-OH is 1. The number of hydrogen-bond acceptors (Lipinski definition) is 2. The normalized spacial score (nSPS) is 12.3. The van der Waals surface area contributed by atoms with E-state index in [1.54, 1.807) is 11.3 Å². The summed E-state index contributed by atoms with van der Waals surface area (Å²) in [7, 11) is 0. The van der Waals surface area contributed by atoms with Crippen LogP contribution in [0, 0.1) is 13.8 Å². The van der Waals surface area contributed by atoms with Gasteiger partial charge in [0.25, 0.3) is 0 Å². The zero-order chi connectivity index (χ0) is 14.8. The minimum Gasteiger partial charge on any atom is -0.384 e. The van der Waals surface area contributed by atoms with Crippen LogP contribution < -0.4 is 0 Å². The Labute approximate surface area is 129 Å². The molecule has 2 heteroatoms. The lowest BCUT2D eigenvalue weighted by Gasteiger charge is -2.12. The molecule has 1 nitrogen and oxygen atoms in total. The Morgan fingerprint density at radius 1 is 0.857 bits per heavy atom. The molecular weight excluding hydrogens is 276 g/mol. The van der Waals surface area contributed by atoms with Crippen molar-refractivity contribution in [3.8, 4) is 11.1 Å². The third kappa shape index (κ3) is 2.92. The Hall–Kier alpha value is -1.90. The molecule has 0 aliphatic carbocycles. The minimum atomic E-state index is -0.542. The maximum atomic E-state index is 10.6. The van der Waals surface area contributed by atoms with Crippen LogP contribution in [0.15, 0.2) is 60.7 Å². The highest BCUT2D eigenvalue weighted by atomic mass is 32.1. The van der Waals surface area contributed by atoms with Crippen LogP contribution >= 0.6 is 11.3 Å². The summed E-state index contributed by atoms with van der Waals surface area (Å²) < 4.78 is 0. The highest BCUT2D eigenvalue weighted by Gasteiger charge is 2.15. The molecule has 0 saturated heterocycles. The van der Waals surface area contributed by atoms with E-state index in [1.165, 1.54) is 20.9 Å². The number of aliphatic hydroxyl groups is 1. The van der Waals surface area contributed by atoms with Crippen molar-refractivity contribution in [1.82, 2.24) is 0 Å². The average Bonchev–Trinajstić information content (AvgIpc) is 2.86. The van der Waals surface area contributed by atoms with E-state index < -0.39 is 6.10 Å². The van der Waals surface area contributed by atoms with Gasteiger partial charge in [0.15, 0.2) is 0 Å². The smallest absolute Gasteiger partial charge is 0.105 e. The van der Waals surface area contributed by atoms with Gasteiger partial charge in [-0.1, -0.05) is 54.6 Å². The van der Waals surface area contributed by atoms with E-state index in [9.17, 15) is 5.11 Å². The lowest BCUT2D eigenvalue weighted by molar-refractivity contribution is 0.220. The van der Waals surface area contributed by atoms with Crippen LogP contribution in [0.3, 0.4) is 0 Å². The summed E-state index contributed by atoms with van der Waals surface area (Å²) in [5, 5.41) is 10.6. The molecule has 0 bridgehead atoms. The molecule has 1 aromatic heterocycles. The molecule has 1 atom stereocenters. The minimum absolute atomic E-state index is 0.542. The number of thiophene rings is 1. The van der Waals surface area contributed by atoms with E-state index >= 15 is 0 Å². The fourth-order valence-corrected chi connectivity index (χ4v) is 3.55. The summed E-state index contributed by atoms with van der Waals surface area (Å²) in [6.45, 7) is 4.14. The van der Waals surface area contributed by atoms with E-state index in [0.29, 0.717) is 0 Å². The maximum Gasteiger partial charge on any atom is 0.105 e. The van der Waals surface area contributed by atoms with Gasteiger partial charge in [-0.3, -0.25) is 0 Å². The quantitative estimate of drug-likeness (QED) is 0.711. The van der Waals surface area contributed by atoms with Gasteiger partial charge in [0.2, 0.25) is 0 Å². The Kier molecular flexibility index (Phi) is 3.91. The predicted molar refractivity (Wildman–Crippen MR) is 89.7 cm³/mol. The van der Waals surface area contributed by atoms with Gasteiger partial charge in [-0.25, -0.2) is 0 Å². The van der Waals surface area contributed by atoms with Crippen molar-refractivity contribution in [1.29, 1.82) is 0 Å². The molecule has 0 saturated carbocycles. The molecule has 3 aromatic rings. The second kappa shape index (κ2) is 5.84. The summed E-state index contributed by atoms with van der Waals surface area (Å²) in [6, 6.07) is 20.5. The largest absolute Gasteiger partial charge is 0.384 e. The predicted octanol–water partition coefficient (Wildman–Crippen LogP) is 5.11. The molecule has 0 radical (unpaired) electrons. The average molecular weight is 294 g/mol. The second-order valence-corrected chi connectivity index (χ2v) is 6.72. The number of aryl methyl sites for hydroxylation is 2. The molecule has 106 valence electrons. The Morgan fingerprint density at radius 3 is 2.05 bits per heavy atom. The highest BCUT2D eigenvalue weighted by molar-refractivity contribution is 7.12. The third-order valence-electron chi connectivity index (χ3n) is 3.71. The van der Waals surface area contributed by atoms with E-state index in [0.717, 1.165) is 11.1 Å². The molecule has 1 heterocycles. The molecule has 2 aromatic carbocycles. The monoisotopic (exact) mass is 294 g/mol. The van der Waals surface area contributed by atoms with Crippen molar-refractivity contribution in [3.05, 3.63) is 81.5 Å². The number of rotatable bonds is 3. The van der Waals surface area contributed by atoms with Gasteiger partial charge in [0.05, 0.1) is 0 Å². The summed E-state index contributed by atoms with van der Waals surface area (Å²) in [5.41, 5.74) is 4.33. The molecular formula is C19H18OS. The molecule has 1 N–H and O–H groups in total. The van der Waals surface area contributed by atoms with Gasteiger partial charge in [0.1, 0.15) is 6.10 Å². The SMILES string of the molecule is Cc1cc(C(O)c2ccc(-c3ccccc3)cc2)c(C)s1. The molecule has 0 aliphatic rings. The molecule has 3 rings (SSSR count). The van der Waals surface area contributed by atoms with Gasteiger partial charge in [-0.2, -0.15) is 0 Å². The van der Waals surface area contributed by atoms with Gasteiger partial charge in [-0.05, 0) is 42.2 Å². The lowest BCUT2D eigenvalue weighted by Crippen LogP contribution is -1.99. The van der Waals surface area contributed by atoms with Crippen molar-refractivity contribution < 1.29 is 5.11 Å². The second-order valence-electron chi connectivity index (χ2n) is 5.26. The standard InChI is InChI=1S/C19H18OS/c1-13-12-18(14(2)21-13)19(20)17-10-8-16(9-11-17)15-6-4-3-5-7-15/h3-12,19-20H,1-2H3. The van der Waals surface area contributed by atoms with E-state index in [1.807, 2.05) is 30.3 Å². The van der Waals surface area contributed by atoms with Gasteiger partial charge in [-0.15, -0.1) is 11.3 Å². The van der Waals surface area contributed by atoms with E-state index in [-0.39, 0.29) is 0 Å². The first-order chi connectivity index (χ1) is 10.1. The van der Waals surface area contributed by atoms with Crippen molar-refractivity contribution in [3.63, 3.8) is 0 Å². The van der Waals surface area contributed by atoms with Gasteiger partial charge in [0, 0.05) is 9.75 Å². The van der Waals surface area contributed by atoms with Crippen molar-refractivity contribution in [2.45, 2.75) is 20.0 Å².